The summed E-state index contributed by atoms with van der Waals surface area (Å²) in [5.74, 6) is 1.70. The minimum absolute atomic E-state index is 0.0810. The number of nitrogens with zero attached hydrogens (tertiary/aromatic N) is 1. The van der Waals surface area contributed by atoms with E-state index >= 15 is 0 Å². The van der Waals surface area contributed by atoms with Crippen molar-refractivity contribution < 1.29 is 18.7 Å². The van der Waals surface area contributed by atoms with Crippen molar-refractivity contribution in [2.45, 2.75) is 5.37 Å². The molecule has 23 heavy (non-hydrogen) atoms. The lowest BCUT2D eigenvalue weighted by atomic mass is 10.1. The molecule has 4 rings (SSSR count). The van der Waals surface area contributed by atoms with Crippen molar-refractivity contribution >= 4 is 17.7 Å². The normalized spacial score (nSPS) is 19.2. The molecule has 0 bridgehead atoms. The van der Waals surface area contributed by atoms with Crippen molar-refractivity contribution in [3.63, 3.8) is 0 Å². The van der Waals surface area contributed by atoms with Crippen LogP contribution in [0.15, 0.2) is 42.5 Å². The van der Waals surface area contributed by atoms with Crippen molar-refractivity contribution in [2.24, 2.45) is 0 Å². The van der Waals surface area contributed by atoms with Gasteiger partial charge in [-0.15, -0.1) is 11.8 Å². The second kappa shape index (κ2) is 5.77. The molecule has 1 amide bonds. The zero-order valence-electron chi connectivity index (χ0n) is 12.2. The number of hydrogen-bond donors (Lipinski definition) is 0. The molecule has 0 spiro atoms. The van der Waals surface area contributed by atoms with Crippen LogP contribution in [0.5, 0.6) is 11.5 Å². The fourth-order valence-electron chi connectivity index (χ4n) is 2.81. The van der Waals surface area contributed by atoms with Crippen LogP contribution in [-0.4, -0.2) is 29.9 Å². The molecule has 1 atom stereocenters. The molecular weight excluding hydrogens is 317 g/mol. The van der Waals surface area contributed by atoms with E-state index in [1.165, 1.54) is 12.1 Å². The Labute approximate surface area is 137 Å². The third kappa shape index (κ3) is 2.63. The number of rotatable bonds is 2. The van der Waals surface area contributed by atoms with Crippen molar-refractivity contribution in [1.29, 1.82) is 0 Å². The highest BCUT2D eigenvalue weighted by atomic mass is 32.2. The lowest BCUT2D eigenvalue weighted by Gasteiger charge is -2.24. The smallest absolute Gasteiger partial charge is 0.255 e. The van der Waals surface area contributed by atoms with E-state index in [1.807, 2.05) is 6.07 Å². The van der Waals surface area contributed by atoms with Gasteiger partial charge in [-0.2, -0.15) is 0 Å². The summed E-state index contributed by atoms with van der Waals surface area (Å²) in [6, 6.07) is 11.6. The summed E-state index contributed by atoms with van der Waals surface area (Å²) < 4.78 is 24.1. The van der Waals surface area contributed by atoms with Crippen molar-refractivity contribution in [3.05, 3.63) is 59.4 Å². The Bertz CT molecular complexity index is 767. The second-order valence-corrected chi connectivity index (χ2v) is 6.53. The van der Waals surface area contributed by atoms with Crippen LogP contribution in [0.25, 0.3) is 0 Å². The van der Waals surface area contributed by atoms with Gasteiger partial charge < -0.3 is 14.4 Å². The van der Waals surface area contributed by atoms with Gasteiger partial charge in [-0.25, -0.2) is 4.39 Å². The van der Waals surface area contributed by atoms with Gasteiger partial charge in [0.2, 0.25) is 6.79 Å². The first kappa shape index (κ1) is 14.4. The Morgan fingerprint density at radius 2 is 2.04 bits per heavy atom. The summed E-state index contributed by atoms with van der Waals surface area (Å²) in [6.07, 6.45) is 0. The Balaban J connectivity index is 1.62. The minimum atomic E-state index is -0.287. The number of ether oxygens (including phenoxy) is 2. The molecule has 2 aliphatic rings. The highest BCUT2D eigenvalue weighted by Gasteiger charge is 2.32. The third-order valence-corrected chi connectivity index (χ3v) is 5.17. The van der Waals surface area contributed by atoms with Crippen LogP contribution in [0, 0.1) is 5.82 Å². The average molecular weight is 331 g/mol. The van der Waals surface area contributed by atoms with Gasteiger partial charge in [0.15, 0.2) is 11.5 Å². The fourth-order valence-corrected chi connectivity index (χ4v) is 4.06. The summed E-state index contributed by atoms with van der Waals surface area (Å²) in [7, 11) is 0. The number of halogens is 1. The zero-order valence-corrected chi connectivity index (χ0v) is 13.0. The van der Waals surface area contributed by atoms with E-state index in [9.17, 15) is 9.18 Å². The zero-order chi connectivity index (χ0) is 15.8. The van der Waals surface area contributed by atoms with Gasteiger partial charge in [0, 0.05) is 17.9 Å². The second-order valence-electron chi connectivity index (χ2n) is 5.34. The number of carbonyl (C=O) groups is 1. The van der Waals surface area contributed by atoms with Gasteiger partial charge in [-0.1, -0.05) is 12.1 Å². The van der Waals surface area contributed by atoms with Crippen LogP contribution in [0.4, 0.5) is 4.39 Å². The van der Waals surface area contributed by atoms with E-state index in [0.29, 0.717) is 23.6 Å². The van der Waals surface area contributed by atoms with Crippen molar-refractivity contribution in [3.8, 4) is 11.5 Å². The van der Waals surface area contributed by atoms with Crippen molar-refractivity contribution in [2.75, 3.05) is 19.1 Å². The average Bonchev–Trinajstić information content (AvgIpc) is 3.22. The highest BCUT2D eigenvalue weighted by molar-refractivity contribution is 7.99. The maximum Gasteiger partial charge on any atom is 0.255 e. The van der Waals surface area contributed by atoms with E-state index in [0.717, 1.165) is 11.3 Å². The molecular formula is C17H14FNO3S. The van der Waals surface area contributed by atoms with Gasteiger partial charge >= 0.3 is 0 Å². The molecule has 118 valence electrons. The number of hydrogen-bond acceptors (Lipinski definition) is 4. The number of amides is 1. The number of carbonyl (C=O) groups excluding carboxylic acids is 1. The van der Waals surface area contributed by atoms with Crippen LogP contribution in [0.2, 0.25) is 0 Å². The fraction of sp³-hybridized carbons (Fsp3) is 0.235. The molecule has 4 nitrogen and oxygen atoms in total. The molecule has 0 aliphatic carbocycles. The highest BCUT2D eigenvalue weighted by Crippen LogP contribution is 2.40. The van der Waals surface area contributed by atoms with Gasteiger partial charge in [0.1, 0.15) is 11.2 Å². The molecule has 2 aromatic carbocycles. The van der Waals surface area contributed by atoms with E-state index in [1.54, 1.807) is 40.9 Å². The predicted molar refractivity (Wildman–Crippen MR) is 85.2 cm³/mol. The number of thioether (sulfide) groups is 1. The summed E-state index contributed by atoms with van der Waals surface area (Å²) in [5, 5.41) is -0.163. The molecule has 0 saturated carbocycles. The molecule has 6 heteroatoms. The molecule has 0 radical (unpaired) electrons. The Morgan fingerprint density at radius 1 is 1.17 bits per heavy atom. The van der Waals surface area contributed by atoms with Crippen molar-refractivity contribution in [1.82, 2.24) is 4.90 Å². The topological polar surface area (TPSA) is 38.8 Å². The van der Waals surface area contributed by atoms with E-state index in [2.05, 4.69) is 0 Å². The number of fused-ring (bicyclic) bond motifs is 1. The summed E-state index contributed by atoms with van der Waals surface area (Å²) in [5.41, 5.74) is 1.36. The molecule has 0 N–H and O–H groups in total. The van der Waals surface area contributed by atoms with Crippen LogP contribution in [0.3, 0.4) is 0 Å². The standard InChI is InChI=1S/C17H14FNO3S/c18-13-3-1-2-12(8-13)17-19(6-7-23-17)16(20)11-4-5-14-15(9-11)22-10-21-14/h1-5,8-9,17H,6-7,10H2/t17-/m1/s1. The van der Waals surface area contributed by atoms with Crippen LogP contribution >= 0.6 is 11.8 Å². The monoisotopic (exact) mass is 331 g/mol. The predicted octanol–water partition coefficient (Wildman–Crippen LogP) is 3.44. The Kier molecular flexibility index (Phi) is 3.61. The molecule has 2 heterocycles. The first-order valence-electron chi connectivity index (χ1n) is 7.30. The van der Waals surface area contributed by atoms with Crippen LogP contribution in [-0.2, 0) is 0 Å². The molecule has 1 fully saturated rings. The Hall–Kier alpha value is -2.21. The van der Waals surface area contributed by atoms with E-state index < -0.39 is 0 Å². The molecule has 2 aromatic rings. The minimum Gasteiger partial charge on any atom is -0.454 e. The first-order chi connectivity index (χ1) is 11.2. The Morgan fingerprint density at radius 3 is 2.91 bits per heavy atom. The third-order valence-electron chi connectivity index (χ3n) is 3.91. The first-order valence-corrected chi connectivity index (χ1v) is 8.35. The van der Waals surface area contributed by atoms with Crippen LogP contribution < -0.4 is 9.47 Å². The molecule has 1 saturated heterocycles. The lowest BCUT2D eigenvalue weighted by molar-refractivity contribution is 0.0759. The maximum atomic E-state index is 13.5. The van der Waals surface area contributed by atoms with Gasteiger partial charge in [0.25, 0.3) is 5.91 Å². The summed E-state index contributed by atoms with van der Waals surface area (Å²) in [4.78, 5) is 14.6. The quantitative estimate of drug-likeness (QED) is 0.845. The van der Waals surface area contributed by atoms with Gasteiger partial charge in [-0.05, 0) is 35.9 Å². The van der Waals surface area contributed by atoms with Gasteiger partial charge in [0.05, 0.1) is 0 Å². The molecule has 2 aliphatic heterocycles. The summed E-state index contributed by atoms with van der Waals surface area (Å²) in [6.45, 7) is 0.817. The summed E-state index contributed by atoms with van der Waals surface area (Å²) >= 11 is 1.64. The van der Waals surface area contributed by atoms with Gasteiger partial charge in [-0.3, -0.25) is 4.79 Å². The molecule has 0 aromatic heterocycles. The lowest BCUT2D eigenvalue weighted by Crippen LogP contribution is -2.30. The van der Waals surface area contributed by atoms with E-state index in [4.69, 9.17) is 9.47 Å². The van der Waals surface area contributed by atoms with Crippen LogP contribution in [0.1, 0.15) is 21.3 Å². The maximum absolute atomic E-state index is 13.5. The molecule has 0 unspecified atom stereocenters. The van der Waals surface area contributed by atoms with E-state index in [-0.39, 0.29) is 23.9 Å². The largest absolute Gasteiger partial charge is 0.454 e. The SMILES string of the molecule is O=C(c1ccc2c(c1)OCO2)N1CCS[C@@H]1c1cccc(F)c1. The number of benzene rings is 2.